The van der Waals surface area contributed by atoms with Crippen LogP contribution in [-0.2, 0) is 24.1 Å². The number of hydrogen-bond acceptors (Lipinski definition) is 7. The molecule has 3 aromatic carbocycles. The van der Waals surface area contributed by atoms with Gasteiger partial charge in [-0.25, -0.2) is 13.9 Å². The van der Waals surface area contributed by atoms with E-state index in [4.69, 9.17) is 9.47 Å². The second kappa shape index (κ2) is 10.2. The van der Waals surface area contributed by atoms with Crippen molar-refractivity contribution >= 4 is 32.4 Å². The molecule has 9 nitrogen and oxygen atoms in total. The second-order valence-corrected chi connectivity index (χ2v) is 11.5. The van der Waals surface area contributed by atoms with Crippen molar-refractivity contribution in [2.45, 2.75) is 22.5 Å². The van der Waals surface area contributed by atoms with Crippen molar-refractivity contribution in [2.75, 3.05) is 39.5 Å². The van der Waals surface area contributed by atoms with Crippen LogP contribution in [0, 0.1) is 0 Å². The fraction of sp³-hybridized carbons (Fsp3) is 0.333. The Balaban J connectivity index is 1.40. The highest BCUT2D eigenvalue weighted by molar-refractivity contribution is 7.93. The smallest absolute Gasteiger partial charge is 0.265 e. The first kappa shape index (κ1) is 25.3. The van der Waals surface area contributed by atoms with Gasteiger partial charge in [0.15, 0.2) is 14.6 Å². The van der Waals surface area contributed by atoms with Crippen LogP contribution in [-0.4, -0.2) is 74.6 Å². The van der Waals surface area contributed by atoms with Gasteiger partial charge in [0.2, 0.25) is 0 Å². The summed E-state index contributed by atoms with van der Waals surface area (Å²) in [4.78, 5) is 27.1. The maximum Gasteiger partial charge on any atom is 0.265 e. The van der Waals surface area contributed by atoms with E-state index in [-0.39, 0.29) is 36.9 Å². The van der Waals surface area contributed by atoms with Gasteiger partial charge in [-0.05, 0) is 65.1 Å². The summed E-state index contributed by atoms with van der Waals surface area (Å²) in [6.45, 7) is 2.49. The van der Waals surface area contributed by atoms with Crippen molar-refractivity contribution in [3.05, 3.63) is 66.2 Å². The number of ether oxygens (including phenoxy) is 2. The number of benzene rings is 3. The monoisotopic (exact) mass is 524 g/mol. The SMILES string of the molecule is O=C(c1ccc2cc(-c3ccc(S(=O)(=O)C4(C(=O)NO)CCOCC4)cc3)ccc2c1)N1CCOCC1. The lowest BCUT2D eigenvalue weighted by molar-refractivity contribution is -0.134. The average molecular weight is 525 g/mol. The number of morpholine rings is 1. The zero-order valence-electron chi connectivity index (χ0n) is 20.2. The van der Waals surface area contributed by atoms with Gasteiger partial charge in [-0.15, -0.1) is 0 Å². The quantitative estimate of drug-likeness (QED) is 0.389. The molecular formula is C27H28N2O7S. The molecule has 194 valence electrons. The highest BCUT2D eigenvalue weighted by Gasteiger charge is 2.52. The summed E-state index contributed by atoms with van der Waals surface area (Å²) in [6, 6.07) is 17.8. The van der Waals surface area contributed by atoms with Crippen LogP contribution < -0.4 is 5.48 Å². The molecule has 2 aliphatic heterocycles. The number of carbonyl (C=O) groups excluding carboxylic acids is 2. The lowest BCUT2D eigenvalue weighted by Gasteiger charge is -2.34. The molecule has 0 spiro atoms. The molecular weight excluding hydrogens is 496 g/mol. The lowest BCUT2D eigenvalue weighted by atomic mass is 9.98. The van der Waals surface area contributed by atoms with Crippen LogP contribution in [0.15, 0.2) is 65.6 Å². The van der Waals surface area contributed by atoms with E-state index in [2.05, 4.69) is 0 Å². The molecule has 5 rings (SSSR count). The van der Waals surface area contributed by atoms with E-state index in [1.54, 1.807) is 17.0 Å². The molecule has 0 aliphatic carbocycles. The minimum absolute atomic E-state index is 0.00815. The summed E-state index contributed by atoms with van der Waals surface area (Å²) >= 11 is 0. The number of sulfone groups is 1. The molecule has 37 heavy (non-hydrogen) atoms. The van der Waals surface area contributed by atoms with Crippen molar-refractivity contribution < 1.29 is 32.7 Å². The molecule has 10 heteroatoms. The minimum atomic E-state index is -4.09. The molecule has 3 aromatic rings. The summed E-state index contributed by atoms with van der Waals surface area (Å²) in [5.74, 6) is -0.955. The summed E-state index contributed by atoms with van der Waals surface area (Å²) in [5.41, 5.74) is 3.86. The Hall–Kier alpha value is -3.31. The van der Waals surface area contributed by atoms with Crippen molar-refractivity contribution in [1.82, 2.24) is 10.4 Å². The van der Waals surface area contributed by atoms with Crippen LogP contribution in [0.4, 0.5) is 0 Å². The van der Waals surface area contributed by atoms with Crippen molar-refractivity contribution in [3.63, 3.8) is 0 Å². The van der Waals surface area contributed by atoms with E-state index in [0.717, 1.165) is 21.9 Å². The standard InChI is InChI=1S/C27H28N2O7S/c30-25(29-11-15-36-16-12-29)23-4-3-21-17-20(1-2-22(21)18-23)19-5-7-24(8-6-19)37(33,34)27(26(31)28-32)9-13-35-14-10-27/h1-8,17-18,32H,9-16H2,(H,28,31). The van der Waals surface area contributed by atoms with Crippen LogP contribution in [0.25, 0.3) is 21.9 Å². The molecule has 0 saturated carbocycles. The molecule has 2 saturated heterocycles. The summed E-state index contributed by atoms with van der Waals surface area (Å²) < 4.78 is 35.7. The molecule has 2 fully saturated rings. The van der Waals surface area contributed by atoms with Crippen LogP contribution in [0.2, 0.25) is 0 Å². The number of carbonyl (C=O) groups is 2. The van der Waals surface area contributed by atoms with Crippen LogP contribution in [0.1, 0.15) is 23.2 Å². The minimum Gasteiger partial charge on any atom is -0.381 e. The third kappa shape index (κ3) is 4.61. The molecule has 0 radical (unpaired) electrons. The Morgan fingerprint density at radius 3 is 2.08 bits per heavy atom. The highest BCUT2D eigenvalue weighted by atomic mass is 32.2. The van der Waals surface area contributed by atoms with E-state index < -0.39 is 20.5 Å². The van der Waals surface area contributed by atoms with Gasteiger partial charge in [0.25, 0.3) is 11.8 Å². The number of nitrogens with zero attached hydrogens (tertiary/aromatic N) is 1. The molecule has 2 aliphatic rings. The summed E-state index contributed by atoms with van der Waals surface area (Å²) in [5, 5.41) is 11.1. The van der Waals surface area contributed by atoms with Gasteiger partial charge in [-0.1, -0.05) is 30.3 Å². The third-order valence-electron chi connectivity index (χ3n) is 7.21. The predicted octanol–water partition coefficient (Wildman–Crippen LogP) is 2.81. The number of amides is 2. The molecule has 0 atom stereocenters. The van der Waals surface area contributed by atoms with E-state index in [9.17, 15) is 23.2 Å². The highest BCUT2D eigenvalue weighted by Crippen LogP contribution is 2.36. The van der Waals surface area contributed by atoms with Gasteiger partial charge >= 0.3 is 0 Å². The lowest BCUT2D eigenvalue weighted by Crippen LogP contribution is -2.54. The van der Waals surface area contributed by atoms with E-state index >= 15 is 0 Å². The van der Waals surface area contributed by atoms with E-state index in [1.807, 2.05) is 36.4 Å². The fourth-order valence-electron chi connectivity index (χ4n) is 4.98. The molecule has 2 heterocycles. The van der Waals surface area contributed by atoms with Crippen LogP contribution in [0.3, 0.4) is 0 Å². The summed E-state index contributed by atoms with van der Waals surface area (Å²) in [7, 11) is -4.09. The first-order valence-electron chi connectivity index (χ1n) is 12.1. The largest absolute Gasteiger partial charge is 0.381 e. The average Bonchev–Trinajstić information content (AvgIpc) is 2.96. The molecule has 0 aromatic heterocycles. The molecule has 0 bridgehead atoms. The normalized spacial score (nSPS) is 17.9. The molecule has 2 amide bonds. The van der Waals surface area contributed by atoms with Gasteiger partial charge in [-0.3, -0.25) is 14.8 Å². The van der Waals surface area contributed by atoms with Gasteiger partial charge in [0.05, 0.1) is 18.1 Å². The van der Waals surface area contributed by atoms with Gasteiger partial charge < -0.3 is 14.4 Å². The number of hydroxylamine groups is 1. The van der Waals surface area contributed by atoms with Crippen molar-refractivity contribution in [2.24, 2.45) is 0 Å². The summed E-state index contributed by atoms with van der Waals surface area (Å²) in [6.07, 6.45) is -0.0750. The Morgan fingerprint density at radius 1 is 0.811 bits per heavy atom. The number of hydrogen-bond donors (Lipinski definition) is 2. The van der Waals surface area contributed by atoms with Crippen LogP contribution in [0.5, 0.6) is 0 Å². The van der Waals surface area contributed by atoms with Crippen LogP contribution >= 0.6 is 0 Å². The zero-order valence-corrected chi connectivity index (χ0v) is 21.0. The molecule has 2 N–H and O–H groups in total. The van der Waals surface area contributed by atoms with E-state index in [1.165, 1.54) is 17.6 Å². The first-order chi connectivity index (χ1) is 17.9. The number of nitrogens with one attached hydrogen (secondary N) is 1. The predicted molar refractivity (Wildman–Crippen MR) is 136 cm³/mol. The Bertz CT molecular complexity index is 1420. The first-order valence-corrected chi connectivity index (χ1v) is 13.6. The maximum atomic E-state index is 13.5. The Labute approximate surface area is 214 Å². The molecule has 0 unspecified atom stereocenters. The van der Waals surface area contributed by atoms with Gasteiger partial charge in [-0.2, -0.15) is 0 Å². The number of rotatable bonds is 5. The Morgan fingerprint density at radius 2 is 1.41 bits per heavy atom. The second-order valence-electron chi connectivity index (χ2n) is 9.26. The van der Waals surface area contributed by atoms with Crippen molar-refractivity contribution in [3.8, 4) is 11.1 Å². The Kier molecular flexibility index (Phi) is 7.00. The van der Waals surface area contributed by atoms with Gasteiger partial charge in [0, 0.05) is 31.9 Å². The van der Waals surface area contributed by atoms with Gasteiger partial charge in [0.1, 0.15) is 0 Å². The van der Waals surface area contributed by atoms with E-state index in [0.29, 0.717) is 31.9 Å². The van der Waals surface area contributed by atoms with Crippen molar-refractivity contribution in [1.29, 1.82) is 0 Å². The zero-order chi connectivity index (χ0) is 26.0. The topological polar surface area (TPSA) is 122 Å². The number of fused-ring (bicyclic) bond motifs is 1. The fourth-order valence-corrected chi connectivity index (χ4v) is 6.92. The third-order valence-corrected chi connectivity index (χ3v) is 9.73. The maximum absolute atomic E-state index is 13.5.